The summed E-state index contributed by atoms with van der Waals surface area (Å²) in [4.78, 5) is 0. The highest BCUT2D eigenvalue weighted by Crippen LogP contribution is 2.37. The van der Waals surface area contributed by atoms with Crippen molar-refractivity contribution in [3.8, 4) is 0 Å². The van der Waals surface area contributed by atoms with E-state index in [2.05, 4.69) is 36.5 Å². The van der Waals surface area contributed by atoms with E-state index < -0.39 is 0 Å². The van der Waals surface area contributed by atoms with E-state index in [0.717, 1.165) is 17.9 Å². The van der Waals surface area contributed by atoms with Gasteiger partial charge < -0.3 is 5.32 Å². The number of hydrogen-bond acceptors (Lipinski definition) is 1. The predicted molar refractivity (Wildman–Crippen MR) is 81.4 cm³/mol. The van der Waals surface area contributed by atoms with E-state index in [-0.39, 0.29) is 0 Å². The Morgan fingerprint density at radius 2 is 1.89 bits per heavy atom. The standard InChI is InChI=1S/C18H27N/c1-2-12-19-18(15-8-5-9-15)17-11-10-14-6-3-4-7-16(14)13-17/h3-4,6-7,15,17-19H,2,5,8-13H2,1H3. The van der Waals surface area contributed by atoms with Gasteiger partial charge in [0.25, 0.3) is 0 Å². The lowest BCUT2D eigenvalue weighted by atomic mass is 9.70. The third-order valence-electron chi connectivity index (χ3n) is 5.18. The van der Waals surface area contributed by atoms with E-state index in [4.69, 9.17) is 0 Å². The Kier molecular flexibility index (Phi) is 4.22. The summed E-state index contributed by atoms with van der Waals surface area (Å²) >= 11 is 0. The molecule has 0 saturated heterocycles. The Balaban J connectivity index is 1.69. The number of rotatable bonds is 5. The van der Waals surface area contributed by atoms with Crippen molar-refractivity contribution in [3.05, 3.63) is 35.4 Å². The number of benzene rings is 1. The fraction of sp³-hybridized carbons (Fsp3) is 0.667. The molecule has 0 radical (unpaired) electrons. The van der Waals surface area contributed by atoms with Gasteiger partial charge in [-0.15, -0.1) is 0 Å². The summed E-state index contributed by atoms with van der Waals surface area (Å²) in [5, 5.41) is 3.87. The Labute approximate surface area is 117 Å². The number of aryl methyl sites for hydroxylation is 1. The molecule has 2 aliphatic carbocycles. The molecule has 0 spiro atoms. The smallest absolute Gasteiger partial charge is 0.0127 e. The number of fused-ring (bicyclic) bond motifs is 1. The molecular weight excluding hydrogens is 230 g/mol. The van der Waals surface area contributed by atoms with Crippen molar-refractivity contribution < 1.29 is 0 Å². The third kappa shape index (κ3) is 2.86. The molecule has 0 aliphatic heterocycles. The van der Waals surface area contributed by atoms with Crippen LogP contribution in [-0.2, 0) is 12.8 Å². The molecule has 0 aromatic heterocycles. The average molecular weight is 257 g/mol. The van der Waals surface area contributed by atoms with Gasteiger partial charge in [0.15, 0.2) is 0 Å². The second kappa shape index (κ2) is 6.09. The van der Waals surface area contributed by atoms with Crippen molar-refractivity contribution in [1.29, 1.82) is 0 Å². The van der Waals surface area contributed by atoms with E-state index in [1.165, 1.54) is 51.5 Å². The largest absolute Gasteiger partial charge is 0.313 e. The minimum Gasteiger partial charge on any atom is -0.313 e. The summed E-state index contributed by atoms with van der Waals surface area (Å²) < 4.78 is 0. The molecule has 2 unspecified atom stereocenters. The van der Waals surface area contributed by atoms with Crippen LogP contribution in [0.1, 0.15) is 50.2 Å². The van der Waals surface area contributed by atoms with Crippen LogP contribution in [0.4, 0.5) is 0 Å². The molecule has 104 valence electrons. The van der Waals surface area contributed by atoms with Crippen LogP contribution in [0.3, 0.4) is 0 Å². The SMILES string of the molecule is CCCNC(C1CCC1)C1CCc2ccccc2C1. The zero-order valence-corrected chi connectivity index (χ0v) is 12.2. The van der Waals surface area contributed by atoms with Gasteiger partial charge in [0.1, 0.15) is 0 Å². The maximum atomic E-state index is 3.87. The highest BCUT2D eigenvalue weighted by atomic mass is 14.9. The van der Waals surface area contributed by atoms with Crippen molar-refractivity contribution in [2.45, 2.75) is 57.9 Å². The molecule has 0 amide bonds. The Morgan fingerprint density at radius 3 is 2.58 bits per heavy atom. The summed E-state index contributed by atoms with van der Waals surface area (Å²) in [6.45, 7) is 3.47. The van der Waals surface area contributed by atoms with Gasteiger partial charge in [-0.25, -0.2) is 0 Å². The molecule has 0 bridgehead atoms. The lowest BCUT2D eigenvalue weighted by Crippen LogP contribution is -2.46. The molecule has 1 nitrogen and oxygen atoms in total. The number of nitrogens with one attached hydrogen (secondary N) is 1. The average Bonchev–Trinajstić information content (AvgIpc) is 2.40. The van der Waals surface area contributed by atoms with Gasteiger partial charge in [-0.05, 0) is 68.0 Å². The normalized spacial score (nSPS) is 24.6. The third-order valence-corrected chi connectivity index (χ3v) is 5.18. The van der Waals surface area contributed by atoms with E-state index in [1.54, 1.807) is 11.1 Å². The summed E-state index contributed by atoms with van der Waals surface area (Å²) in [5.74, 6) is 1.83. The monoisotopic (exact) mass is 257 g/mol. The first-order chi connectivity index (χ1) is 9.38. The lowest BCUT2D eigenvalue weighted by Gasteiger charge is -2.41. The Hall–Kier alpha value is -0.820. The molecule has 1 N–H and O–H groups in total. The predicted octanol–water partition coefficient (Wildman–Crippen LogP) is 3.96. The highest BCUT2D eigenvalue weighted by Gasteiger charge is 2.34. The molecule has 1 heteroatoms. The van der Waals surface area contributed by atoms with Crippen LogP contribution in [0.25, 0.3) is 0 Å². The van der Waals surface area contributed by atoms with Crippen molar-refractivity contribution in [1.82, 2.24) is 5.32 Å². The molecule has 1 fully saturated rings. The first-order valence-corrected chi connectivity index (χ1v) is 8.18. The van der Waals surface area contributed by atoms with Crippen molar-refractivity contribution >= 4 is 0 Å². The van der Waals surface area contributed by atoms with E-state index in [1.807, 2.05) is 0 Å². The van der Waals surface area contributed by atoms with Crippen LogP contribution in [0, 0.1) is 11.8 Å². The summed E-state index contributed by atoms with van der Waals surface area (Å²) in [7, 11) is 0. The molecule has 19 heavy (non-hydrogen) atoms. The molecular formula is C18H27N. The van der Waals surface area contributed by atoms with Crippen LogP contribution in [0.15, 0.2) is 24.3 Å². The van der Waals surface area contributed by atoms with Crippen LogP contribution in [-0.4, -0.2) is 12.6 Å². The Bertz CT molecular complexity index is 408. The van der Waals surface area contributed by atoms with E-state index in [9.17, 15) is 0 Å². The summed E-state index contributed by atoms with van der Waals surface area (Å²) in [6, 6.07) is 9.85. The molecule has 0 heterocycles. The van der Waals surface area contributed by atoms with Crippen molar-refractivity contribution in [3.63, 3.8) is 0 Å². The van der Waals surface area contributed by atoms with Gasteiger partial charge in [0, 0.05) is 6.04 Å². The molecule has 1 aromatic rings. The second-order valence-corrected chi connectivity index (χ2v) is 6.44. The topological polar surface area (TPSA) is 12.0 Å². The van der Waals surface area contributed by atoms with Crippen LogP contribution >= 0.6 is 0 Å². The van der Waals surface area contributed by atoms with Gasteiger partial charge in [-0.2, -0.15) is 0 Å². The quantitative estimate of drug-likeness (QED) is 0.842. The molecule has 2 aliphatic rings. The van der Waals surface area contributed by atoms with Gasteiger partial charge >= 0.3 is 0 Å². The highest BCUT2D eigenvalue weighted by molar-refractivity contribution is 5.30. The van der Waals surface area contributed by atoms with Gasteiger partial charge in [-0.3, -0.25) is 0 Å². The lowest BCUT2D eigenvalue weighted by molar-refractivity contribution is 0.163. The van der Waals surface area contributed by atoms with Crippen LogP contribution in [0.2, 0.25) is 0 Å². The minimum absolute atomic E-state index is 0.780. The fourth-order valence-electron chi connectivity index (χ4n) is 3.86. The first-order valence-electron chi connectivity index (χ1n) is 8.18. The number of hydrogen-bond donors (Lipinski definition) is 1. The summed E-state index contributed by atoms with van der Waals surface area (Å²) in [6.07, 6.45) is 9.60. The molecule has 3 rings (SSSR count). The van der Waals surface area contributed by atoms with Gasteiger partial charge in [-0.1, -0.05) is 37.6 Å². The molecule has 1 aromatic carbocycles. The maximum absolute atomic E-state index is 3.87. The molecule has 2 atom stereocenters. The van der Waals surface area contributed by atoms with E-state index in [0.29, 0.717) is 0 Å². The van der Waals surface area contributed by atoms with Crippen molar-refractivity contribution in [2.75, 3.05) is 6.54 Å². The zero-order valence-electron chi connectivity index (χ0n) is 12.2. The van der Waals surface area contributed by atoms with Gasteiger partial charge in [0.05, 0.1) is 0 Å². The van der Waals surface area contributed by atoms with Crippen molar-refractivity contribution in [2.24, 2.45) is 11.8 Å². The van der Waals surface area contributed by atoms with Gasteiger partial charge in [0.2, 0.25) is 0 Å². The maximum Gasteiger partial charge on any atom is 0.0127 e. The fourth-order valence-corrected chi connectivity index (χ4v) is 3.86. The second-order valence-electron chi connectivity index (χ2n) is 6.44. The van der Waals surface area contributed by atoms with E-state index >= 15 is 0 Å². The zero-order chi connectivity index (χ0) is 13.1. The minimum atomic E-state index is 0.780. The summed E-state index contributed by atoms with van der Waals surface area (Å²) in [5.41, 5.74) is 3.21. The first kappa shape index (κ1) is 13.2. The molecule has 1 saturated carbocycles. The van der Waals surface area contributed by atoms with Crippen LogP contribution in [0.5, 0.6) is 0 Å². The van der Waals surface area contributed by atoms with Crippen LogP contribution < -0.4 is 5.32 Å². The Morgan fingerprint density at radius 1 is 1.11 bits per heavy atom.